The number of aryl methyl sites for hydroxylation is 1. The van der Waals surface area contributed by atoms with E-state index in [0.717, 1.165) is 28.2 Å². The summed E-state index contributed by atoms with van der Waals surface area (Å²) in [4.78, 5) is 40.9. The maximum Gasteiger partial charge on any atom is 0.406 e. The molecular formula is C20H24F3N3O3. The van der Waals surface area contributed by atoms with E-state index in [9.17, 15) is 27.6 Å². The number of amides is 4. The third-order valence-electron chi connectivity index (χ3n) is 5.52. The lowest BCUT2D eigenvalue weighted by molar-refractivity contribution is -0.166. The van der Waals surface area contributed by atoms with E-state index in [0.29, 0.717) is 5.69 Å². The van der Waals surface area contributed by atoms with Crippen LogP contribution in [0.15, 0.2) is 24.3 Å². The summed E-state index contributed by atoms with van der Waals surface area (Å²) in [5, 5.41) is 0. The number of carbonyl (C=O) groups excluding carboxylic acids is 3. The molecule has 1 saturated heterocycles. The number of anilines is 1. The van der Waals surface area contributed by atoms with E-state index in [1.807, 2.05) is 6.92 Å². The molecule has 9 heteroatoms. The van der Waals surface area contributed by atoms with Crippen molar-refractivity contribution in [2.24, 2.45) is 5.92 Å². The Hall–Kier alpha value is -2.58. The summed E-state index contributed by atoms with van der Waals surface area (Å²) in [5.74, 6) is -1.45. The zero-order valence-corrected chi connectivity index (χ0v) is 16.6. The Morgan fingerprint density at radius 3 is 2.31 bits per heavy atom. The molecule has 0 unspecified atom stereocenters. The Labute approximate surface area is 167 Å². The summed E-state index contributed by atoms with van der Waals surface area (Å²) in [6.07, 6.45) is -3.02. The Morgan fingerprint density at radius 2 is 1.79 bits per heavy atom. The van der Waals surface area contributed by atoms with Crippen molar-refractivity contribution < 1.29 is 27.6 Å². The monoisotopic (exact) mass is 411 g/mol. The normalized spacial score (nSPS) is 21.0. The summed E-state index contributed by atoms with van der Waals surface area (Å²) in [6.45, 7) is 2.90. The summed E-state index contributed by atoms with van der Waals surface area (Å²) < 4.78 is 39.0. The van der Waals surface area contributed by atoms with E-state index in [1.54, 1.807) is 31.2 Å². The zero-order chi connectivity index (χ0) is 21.5. The van der Waals surface area contributed by atoms with Crippen LogP contribution in [0.4, 0.5) is 23.7 Å². The topological polar surface area (TPSA) is 60.9 Å². The molecule has 2 aliphatic rings. The van der Waals surface area contributed by atoms with Gasteiger partial charge in [-0.05, 0) is 51.7 Å². The Morgan fingerprint density at radius 1 is 1.21 bits per heavy atom. The maximum atomic E-state index is 13.0. The van der Waals surface area contributed by atoms with Crippen LogP contribution in [-0.4, -0.2) is 59.0 Å². The smallest absolute Gasteiger partial charge is 0.329 e. The van der Waals surface area contributed by atoms with Crippen LogP contribution in [0, 0.1) is 12.8 Å². The number of imide groups is 1. The van der Waals surface area contributed by atoms with Gasteiger partial charge in [0.1, 0.15) is 19.1 Å². The minimum absolute atomic E-state index is 0.0225. The molecule has 2 atom stereocenters. The lowest BCUT2D eigenvalue weighted by Crippen LogP contribution is -2.50. The Bertz CT molecular complexity index is 805. The number of halogens is 3. The first-order valence-corrected chi connectivity index (χ1v) is 9.57. The summed E-state index contributed by atoms with van der Waals surface area (Å²) in [5.41, 5.74) is 1.47. The lowest BCUT2D eigenvalue weighted by Gasteiger charge is -2.31. The van der Waals surface area contributed by atoms with Crippen LogP contribution < -0.4 is 4.90 Å². The molecule has 29 heavy (non-hydrogen) atoms. The molecule has 1 aromatic rings. The fraction of sp³-hybridized carbons (Fsp3) is 0.550. The number of benzene rings is 1. The van der Waals surface area contributed by atoms with Gasteiger partial charge >= 0.3 is 12.2 Å². The second-order valence-corrected chi connectivity index (χ2v) is 7.80. The van der Waals surface area contributed by atoms with Crippen molar-refractivity contribution >= 4 is 23.5 Å². The Kier molecular flexibility index (Phi) is 5.60. The predicted octanol–water partition coefficient (Wildman–Crippen LogP) is 3.34. The number of carbonyl (C=O) groups is 3. The van der Waals surface area contributed by atoms with Gasteiger partial charge in [-0.2, -0.15) is 13.2 Å². The number of hydrogen-bond acceptors (Lipinski definition) is 3. The summed E-state index contributed by atoms with van der Waals surface area (Å²) in [7, 11) is 0. The van der Waals surface area contributed by atoms with Gasteiger partial charge in [0, 0.05) is 11.7 Å². The average Bonchev–Trinajstić information content (AvgIpc) is 3.46. The maximum absolute atomic E-state index is 13.0. The number of alkyl halides is 3. The molecule has 158 valence electrons. The summed E-state index contributed by atoms with van der Waals surface area (Å²) in [6, 6.07) is 4.82. The lowest BCUT2D eigenvalue weighted by atomic mass is 10.1. The van der Waals surface area contributed by atoms with Gasteiger partial charge in [0.05, 0.1) is 0 Å². The van der Waals surface area contributed by atoms with Gasteiger partial charge < -0.3 is 4.90 Å². The molecule has 0 radical (unpaired) electrons. The fourth-order valence-corrected chi connectivity index (χ4v) is 3.62. The van der Waals surface area contributed by atoms with Gasteiger partial charge in [-0.3, -0.25) is 19.4 Å². The molecule has 1 saturated carbocycles. The second-order valence-electron chi connectivity index (χ2n) is 7.80. The molecule has 4 amide bonds. The van der Waals surface area contributed by atoms with Gasteiger partial charge in [0.25, 0.3) is 5.91 Å². The first-order valence-electron chi connectivity index (χ1n) is 9.57. The van der Waals surface area contributed by atoms with Crippen LogP contribution in [0.1, 0.15) is 32.3 Å². The SMILES string of the molecule is Cc1ccc(N2C(=O)N(CC(=O)N(CC(F)(F)F)[C@@H](C)C3CC3)C(=O)[C@@H]2C)cc1. The molecule has 1 aliphatic heterocycles. The molecule has 0 bridgehead atoms. The average molecular weight is 411 g/mol. The molecule has 2 fully saturated rings. The fourth-order valence-electron chi connectivity index (χ4n) is 3.62. The quantitative estimate of drug-likeness (QED) is 0.675. The standard InChI is InChI=1S/C20H24F3N3O3/c1-12-4-8-16(9-5-12)26-14(3)18(28)24(19(26)29)10-17(27)25(11-20(21,22)23)13(2)15-6-7-15/h4-5,8-9,13-15H,6-7,10-11H2,1-3H3/t13-,14-/m0/s1. The van der Waals surface area contributed by atoms with Crippen molar-refractivity contribution in [3.63, 3.8) is 0 Å². The first kappa shape index (κ1) is 21.1. The van der Waals surface area contributed by atoms with Crippen LogP contribution >= 0.6 is 0 Å². The largest absolute Gasteiger partial charge is 0.406 e. The van der Waals surface area contributed by atoms with Crippen LogP contribution in [-0.2, 0) is 9.59 Å². The summed E-state index contributed by atoms with van der Waals surface area (Å²) >= 11 is 0. The van der Waals surface area contributed by atoms with E-state index < -0.39 is 49.2 Å². The molecule has 3 rings (SSSR count). The third-order valence-corrected chi connectivity index (χ3v) is 5.52. The van der Waals surface area contributed by atoms with Crippen molar-refractivity contribution in [1.82, 2.24) is 9.80 Å². The molecular weight excluding hydrogens is 387 g/mol. The molecule has 6 nitrogen and oxygen atoms in total. The first-order chi connectivity index (χ1) is 13.5. The highest BCUT2D eigenvalue weighted by Crippen LogP contribution is 2.36. The molecule has 1 aliphatic carbocycles. The van der Waals surface area contributed by atoms with Crippen LogP contribution in [0.5, 0.6) is 0 Å². The zero-order valence-electron chi connectivity index (χ0n) is 16.6. The van der Waals surface area contributed by atoms with Gasteiger partial charge in [-0.25, -0.2) is 4.79 Å². The Balaban J connectivity index is 1.78. The van der Waals surface area contributed by atoms with E-state index >= 15 is 0 Å². The minimum atomic E-state index is -4.56. The van der Waals surface area contributed by atoms with Crippen molar-refractivity contribution in [3.8, 4) is 0 Å². The van der Waals surface area contributed by atoms with Crippen LogP contribution in [0.3, 0.4) is 0 Å². The van der Waals surface area contributed by atoms with Gasteiger partial charge in [0.15, 0.2) is 0 Å². The van der Waals surface area contributed by atoms with E-state index in [-0.39, 0.29) is 5.92 Å². The third kappa shape index (κ3) is 4.54. The van der Waals surface area contributed by atoms with Crippen LogP contribution in [0.2, 0.25) is 0 Å². The van der Waals surface area contributed by atoms with Gasteiger partial charge in [0.2, 0.25) is 5.91 Å². The van der Waals surface area contributed by atoms with Crippen molar-refractivity contribution in [2.75, 3.05) is 18.0 Å². The second kappa shape index (κ2) is 7.68. The predicted molar refractivity (Wildman–Crippen MR) is 100 cm³/mol. The van der Waals surface area contributed by atoms with Gasteiger partial charge in [-0.1, -0.05) is 17.7 Å². The highest BCUT2D eigenvalue weighted by atomic mass is 19.4. The minimum Gasteiger partial charge on any atom is -0.329 e. The molecule has 0 aromatic heterocycles. The highest BCUT2D eigenvalue weighted by Gasteiger charge is 2.46. The van der Waals surface area contributed by atoms with E-state index in [2.05, 4.69) is 0 Å². The molecule has 1 aromatic carbocycles. The molecule has 1 heterocycles. The van der Waals surface area contributed by atoms with Crippen molar-refractivity contribution in [3.05, 3.63) is 29.8 Å². The number of hydrogen-bond donors (Lipinski definition) is 0. The molecule has 0 N–H and O–H groups in total. The number of nitrogens with zero attached hydrogens (tertiary/aromatic N) is 3. The van der Waals surface area contributed by atoms with Crippen molar-refractivity contribution in [2.45, 2.75) is 51.9 Å². The number of urea groups is 1. The van der Waals surface area contributed by atoms with E-state index in [4.69, 9.17) is 0 Å². The number of rotatable bonds is 6. The van der Waals surface area contributed by atoms with E-state index in [1.165, 1.54) is 11.8 Å². The highest BCUT2D eigenvalue weighted by molar-refractivity contribution is 6.15. The van der Waals surface area contributed by atoms with Crippen LogP contribution in [0.25, 0.3) is 0 Å². The van der Waals surface area contributed by atoms with Crippen molar-refractivity contribution in [1.29, 1.82) is 0 Å². The van der Waals surface area contributed by atoms with Gasteiger partial charge in [-0.15, -0.1) is 0 Å². The molecule has 0 spiro atoms.